The maximum Gasteiger partial charge on any atom is 0.332 e. The van der Waals surface area contributed by atoms with Crippen LogP contribution in [0.5, 0.6) is 5.75 Å². The van der Waals surface area contributed by atoms with Crippen LogP contribution in [0.1, 0.15) is 10.4 Å². The van der Waals surface area contributed by atoms with E-state index in [9.17, 15) is 19.2 Å². The topological polar surface area (TPSA) is 117 Å². The van der Waals surface area contributed by atoms with E-state index < -0.39 is 11.2 Å². The van der Waals surface area contributed by atoms with Crippen molar-refractivity contribution in [2.75, 3.05) is 11.9 Å². The monoisotopic (exact) mass is 369 g/mol. The number of carbonyl (C=O) groups excluding carboxylic acids is 2. The van der Waals surface area contributed by atoms with E-state index in [1.165, 1.54) is 35.6 Å². The van der Waals surface area contributed by atoms with Crippen molar-refractivity contribution in [1.29, 1.82) is 0 Å². The third-order valence-electron chi connectivity index (χ3n) is 4.47. The highest BCUT2D eigenvalue weighted by molar-refractivity contribution is 6.01. The molecule has 0 unspecified atom stereocenters. The van der Waals surface area contributed by atoms with E-state index in [0.717, 1.165) is 4.57 Å². The number of rotatable bonds is 3. The van der Waals surface area contributed by atoms with Gasteiger partial charge in [-0.1, -0.05) is 0 Å². The number of imidazole rings is 1. The molecule has 2 aromatic heterocycles. The highest BCUT2D eigenvalue weighted by atomic mass is 16.5. The van der Waals surface area contributed by atoms with Crippen LogP contribution in [0.15, 0.2) is 34.1 Å². The minimum atomic E-state index is -0.524. The molecule has 3 aromatic rings. The molecule has 0 spiro atoms. The summed E-state index contributed by atoms with van der Waals surface area (Å²) in [6, 6.07) is 4.73. The predicted octanol–water partition coefficient (Wildman–Crippen LogP) is -0.353. The van der Waals surface area contributed by atoms with Crippen LogP contribution in [-0.2, 0) is 25.4 Å². The summed E-state index contributed by atoms with van der Waals surface area (Å²) in [5.41, 5.74) is 0.137. The number of anilines is 1. The number of benzene rings is 1. The van der Waals surface area contributed by atoms with Crippen molar-refractivity contribution in [2.45, 2.75) is 6.54 Å². The van der Waals surface area contributed by atoms with Crippen LogP contribution in [-0.4, -0.2) is 37.0 Å². The molecule has 3 heterocycles. The first kappa shape index (κ1) is 16.8. The first-order valence-electron chi connectivity index (χ1n) is 8.07. The minimum Gasteiger partial charge on any atom is -0.482 e. The standard InChI is InChI=1S/C17H15N5O5/c1-20-15-14(16(25)21(2)17(20)26)22(8-18-15)6-11(23)9-3-4-12-10(5-9)19-13(24)7-27-12/h3-5,8H,6-7H2,1-2H3,(H,19,24). The number of hydrogen-bond donors (Lipinski definition) is 1. The molecule has 0 aliphatic carbocycles. The molecule has 4 rings (SSSR count). The van der Waals surface area contributed by atoms with Crippen LogP contribution in [0.4, 0.5) is 5.69 Å². The molecule has 1 aliphatic heterocycles. The highest BCUT2D eigenvalue weighted by Crippen LogP contribution is 2.28. The number of ether oxygens (including phenoxy) is 1. The lowest BCUT2D eigenvalue weighted by Gasteiger charge is -2.18. The Balaban J connectivity index is 1.72. The van der Waals surface area contributed by atoms with Gasteiger partial charge in [0.1, 0.15) is 5.75 Å². The Kier molecular flexibility index (Phi) is 3.69. The molecule has 10 nitrogen and oxygen atoms in total. The number of Topliss-reactive ketones (excluding diaryl/α,β-unsaturated/α-hetero) is 1. The van der Waals surface area contributed by atoms with Crippen molar-refractivity contribution in [2.24, 2.45) is 14.1 Å². The lowest BCUT2D eigenvalue weighted by molar-refractivity contribution is -0.118. The third kappa shape index (κ3) is 2.62. The van der Waals surface area contributed by atoms with Gasteiger partial charge in [-0.05, 0) is 18.2 Å². The molecule has 1 aromatic carbocycles. The second kappa shape index (κ2) is 5.94. The van der Waals surface area contributed by atoms with Crippen molar-refractivity contribution < 1.29 is 14.3 Å². The van der Waals surface area contributed by atoms with E-state index in [-0.39, 0.29) is 36.0 Å². The maximum atomic E-state index is 12.7. The Morgan fingerprint density at radius 3 is 2.78 bits per heavy atom. The molecule has 0 saturated heterocycles. The van der Waals surface area contributed by atoms with Gasteiger partial charge in [-0.2, -0.15) is 0 Å². The lowest BCUT2D eigenvalue weighted by atomic mass is 10.1. The van der Waals surface area contributed by atoms with E-state index in [1.807, 2.05) is 0 Å². The van der Waals surface area contributed by atoms with Gasteiger partial charge >= 0.3 is 5.69 Å². The predicted molar refractivity (Wildman–Crippen MR) is 95.1 cm³/mol. The highest BCUT2D eigenvalue weighted by Gasteiger charge is 2.20. The van der Waals surface area contributed by atoms with E-state index in [2.05, 4.69) is 10.3 Å². The average molecular weight is 369 g/mol. The molecule has 0 bridgehead atoms. The SMILES string of the molecule is Cn1c(=O)c2c(ncn2CC(=O)c2ccc3c(c2)NC(=O)CO3)n(C)c1=O. The number of carbonyl (C=O) groups is 2. The van der Waals surface area contributed by atoms with Crippen molar-refractivity contribution in [3.8, 4) is 5.75 Å². The molecular formula is C17H15N5O5. The molecule has 1 aliphatic rings. The number of nitrogens with zero attached hydrogens (tertiary/aromatic N) is 4. The number of nitrogens with one attached hydrogen (secondary N) is 1. The summed E-state index contributed by atoms with van der Waals surface area (Å²) in [6.45, 7) is -0.207. The summed E-state index contributed by atoms with van der Waals surface area (Å²) in [4.78, 5) is 52.6. The lowest BCUT2D eigenvalue weighted by Crippen LogP contribution is -2.37. The number of aryl methyl sites for hydroxylation is 1. The average Bonchev–Trinajstić information content (AvgIpc) is 3.07. The van der Waals surface area contributed by atoms with Crippen molar-refractivity contribution in [1.82, 2.24) is 18.7 Å². The quantitative estimate of drug-likeness (QED) is 0.631. The zero-order chi connectivity index (χ0) is 19.3. The Labute approximate surface area is 151 Å². The van der Waals surface area contributed by atoms with E-state index in [1.54, 1.807) is 12.1 Å². The van der Waals surface area contributed by atoms with Gasteiger partial charge in [-0.3, -0.25) is 23.5 Å². The normalized spacial score (nSPS) is 13.2. The van der Waals surface area contributed by atoms with E-state index in [0.29, 0.717) is 17.0 Å². The minimum absolute atomic E-state index is 0.0661. The van der Waals surface area contributed by atoms with Crippen molar-refractivity contribution >= 4 is 28.5 Å². The number of hydrogen-bond acceptors (Lipinski definition) is 6. The van der Waals surface area contributed by atoms with Crippen LogP contribution in [0.3, 0.4) is 0 Å². The zero-order valence-electron chi connectivity index (χ0n) is 14.6. The summed E-state index contributed by atoms with van der Waals surface area (Å²) < 4.78 is 8.91. The van der Waals surface area contributed by atoms with Crippen LogP contribution in [0.2, 0.25) is 0 Å². The summed E-state index contributed by atoms with van der Waals surface area (Å²) in [5.74, 6) is -0.0898. The Bertz CT molecular complexity index is 1230. The van der Waals surface area contributed by atoms with Crippen molar-refractivity contribution in [3.05, 3.63) is 50.9 Å². The summed E-state index contributed by atoms with van der Waals surface area (Å²) in [7, 11) is 2.88. The maximum absolute atomic E-state index is 12.7. The van der Waals surface area contributed by atoms with Crippen LogP contribution < -0.4 is 21.3 Å². The largest absolute Gasteiger partial charge is 0.482 e. The first-order valence-corrected chi connectivity index (χ1v) is 8.07. The molecule has 0 fully saturated rings. The molecule has 0 saturated carbocycles. The van der Waals surface area contributed by atoms with Gasteiger partial charge in [0, 0.05) is 19.7 Å². The molecule has 1 amide bonds. The van der Waals surface area contributed by atoms with Gasteiger partial charge in [-0.25, -0.2) is 9.78 Å². The molecule has 27 heavy (non-hydrogen) atoms. The van der Waals surface area contributed by atoms with Gasteiger partial charge in [0.2, 0.25) is 0 Å². The molecule has 0 atom stereocenters. The zero-order valence-corrected chi connectivity index (χ0v) is 14.6. The molecular weight excluding hydrogens is 354 g/mol. The fourth-order valence-electron chi connectivity index (χ4n) is 3.02. The van der Waals surface area contributed by atoms with E-state index >= 15 is 0 Å². The van der Waals surface area contributed by atoms with Crippen LogP contribution >= 0.6 is 0 Å². The Morgan fingerprint density at radius 2 is 2.00 bits per heavy atom. The van der Waals surface area contributed by atoms with Crippen molar-refractivity contribution in [3.63, 3.8) is 0 Å². The molecule has 1 N–H and O–H groups in total. The second-order valence-electron chi connectivity index (χ2n) is 6.22. The third-order valence-corrected chi connectivity index (χ3v) is 4.47. The fraction of sp³-hybridized carbons (Fsp3) is 0.235. The fourth-order valence-corrected chi connectivity index (χ4v) is 3.02. The van der Waals surface area contributed by atoms with Gasteiger partial charge in [0.25, 0.3) is 11.5 Å². The van der Waals surface area contributed by atoms with E-state index in [4.69, 9.17) is 4.74 Å². The first-order chi connectivity index (χ1) is 12.9. The van der Waals surface area contributed by atoms with Gasteiger partial charge in [0.05, 0.1) is 18.6 Å². The molecule has 138 valence electrons. The Hall–Kier alpha value is -3.69. The second-order valence-corrected chi connectivity index (χ2v) is 6.22. The van der Waals surface area contributed by atoms with Crippen LogP contribution in [0, 0.1) is 0 Å². The van der Waals surface area contributed by atoms with Gasteiger partial charge < -0.3 is 14.6 Å². The van der Waals surface area contributed by atoms with Gasteiger partial charge in [-0.15, -0.1) is 0 Å². The number of amides is 1. The molecule has 0 radical (unpaired) electrons. The number of aromatic nitrogens is 4. The molecule has 10 heteroatoms. The van der Waals surface area contributed by atoms with Gasteiger partial charge in [0.15, 0.2) is 23.6 Å². The summed E-state index contributed by atoms with van der Waals surface area (Å²) in [6.07, 6.45) is 1.35. The number of fused-ring (bicyclic) bond motifs is 2. The summed E-state index contributed by atoms with van der Waals surface area (Å²) >= 11 is 0. The smallest absolute Gasteiger partial charge is 0.332 e. The number of ketones is 1. The Morgan fingerprint density at radius 1 is 1.22 bits per heavy atom. The summed E-state index contributed by atoms with van der Waals surface area (Å²) in [5, 5.41) is 2.65. The van der Waals surface area contributed by atoms with Crippen LogP contribution in [0.25, 0.3) is 11.2 Å².